The molecule has 9 heteroatoms. The van der Waals surface area contributed by atoms with Gasteiger partial charge in [0.1, 0.15) is 10.8 Å². The number of benzene rings is 3. The Morgan fingerprint density at radius 1 is 1.00 bits per heavy atom. The third kappa shape index (κ3) is 6.74. The van der Waals surface area contributed by atoms with Crippen LogP contribution in [0.15, 0.2) is 83.3 Å². The highest BCUT2D eigenvalue weighted by Crippen LogP contribution is 2.28. The maximum absolute atomic E-state index is 13.3. The number of rotatable bonds is 9. The molecule has 0 bridgehead atoms. The van der Waals surface area contributed by atoms with Crippen molar-refractivity contribution in [3.8, 4) is 16.3 Å². The van der Waals surface area contributed by atoms with Crippen LogP contribution in [0.2, 0.25) is 0 Å². The minimum Gasteiger partial charge on any atom is -0.497 e. The molecule has 35 heavy (non-hydrogen) atoms. The fourth-order valence-electron chi connectivity index (χ4n) is 3.43. The molecule has 0 radical (unpaired) electrons. The lowest BCUT2D eigenvalue weighted by Crippen LogP contribution is -2.33. The summed E-state index contributed by atoms with van der Waals surface area (Å²) in [5.41, 5.74) is 2.39. The van der Waals surface area contributed by atoms with E-state index in [1.807, 2.05) is 54.6 Å². The minimum absolute atomic E-state index is 0.119. The number of halogens is 1. The van der Waals surface area contributed by atoms with Gasteiger partial charge in [0.25, 0.3) is 5.91 Å². The smallest absolute Gasteiger partial charge is 0.254 e. The highest BCUT2D eigenvalue weighted by Gasteiger charge is 2.19. The number of carbonyl (C=O) groups is 2. The number of hydrogen-bond acceptors (Lipinski definition) is 6. The molecule has 3 aromatic carbocycles. The van der Waals surface area contributed by atoms with Crippen LogP contribution in [0.5, 0.6) is 5.75 Å². The number of aromatic nitrogens is 2. The Hall–Kier alpha value is -3.56. The number of carbonyl (C=O) groups excluding carboxylic acids is 2. The van der Waals surface area contributed by atoms with Crippen LogP contribution in [-0.4, -0.2) is 40.6 Å². The Morgan fingerprint density at radius 3 is 2.57 bits per heavy atom. The molecule has 0 fully saturated rings. The second-order valence-electron chi connectivity index (χ2n) is 7.67. The van der Waals surface area contributed by atoms with Gasteiger partial charge in [-0.1, -0.05) is 75.8 Å². The zero-order chi connectivity index (χ0) is 24.6. The predicted molar refractivity (Wildman–Crippen MR) is 140 cm³/mol. The molecule has 1 N–H and O–H groups in total. The van der Waals surface area contributed by atoms with Crippen LogP contribution in [0.4, 0.5) is 5.13 Å². The van der Waals surface area contributed by atoms with E-state index in [2.05, 4.69) is 31.4 Å². The van der Waals surface area contributed by atoms with Crippen LogP contribution in [0, 0.1) is 0 Å². The number of nitrogens with one attached hydrogen (secondary N) is 1. The fraction of sp³-hybridized carbons (Fsp3) is 0.154. The average molecular weight is 551 g/mol. The van der Waals surface area contributed by atoms with Crippen molar-refractivity contribution in [2.75, 3.05) is 19.0 Å². The summed E-state index contributed by atoms with van der Waals surface area (Å²) in [6.45, 7) is 0.629. The number of ether oxygens (including phenoxy) is 1. The molecule has 1 aromatic heterocycles. The van der Waals surface area contributed by atoms with Gasteiger partial charge in [-0.2, -0.15) is 0 Å². The molecule has 0 unspecified atom stereocenters. The molecule has 0 saturated heterocycles. The third-order valence-corrected chi connectivity index (χ3v) is 6.55. The van der Waals surface area contributed by atoms with Gasteiger partial charge in [0.2, 0.25) is 11.0 Å². The fourth-order valence-corrected chi connectivity index (χ4v) is 4.58. The van der Waals surface area contributed by atoms with Crippen molar-refractivity contribution >= 4 is 44.2 Å². The van der Waals surface area contributed by atoms with Crippen LogP contribution in [-0.2, 0) is 11.3 Å². The van der Waals surface area contributed by atoms with Crippen LogP contribution in [0.25, 0.3) is 10.6 Å². The molecule has 1 heterocycles. The van der Waals surface area contributed by atoms with Crippen molar-refractivity contribution in [3.05, 3.63) is 94.5 Å². The highest BCUT2D eigenvalue weighted by atomic mass is 79.9. The van der Waals surface area contributed by atoms with E-state index in [0.717, 1.165) is 15.6 Å². The van der Waals surface area contributed by atoms with Gasteiger partial charge < -0.3 is 15.0 Å². The summed E-state index contributed by atoms with van der Waals surface area (Å²) in [6.07, 6.45) is 0.119. The van der Waals surface area contributed by atoms with E-state index >= 15 is 0 Å². The van der Waals surface area contributed by atoms with E-state index in [0.29, 0.717) is 28.0 Å². The van der Waals surface area contributed by atoms with Crippen LogP contribution >= 0.6 is 27.3 Å². The lowest BCUT2D eigenvalue weighted by atomic mass is 10.1. The normalized spacial score (nSPS) is 10.6. The summed E-state index contributed by atoms with van der Waals surface area (Å²) in [6, 6.07) is 24.4. The van der Waals surface area contributed by atoms with E-state index in [1.54, 1.807) is 36.3 Å². The van der Waals surface area contributed by atoms with Gasteiger partial charge in [-0.25, -0.2) is 0 Å². The van der Waals surface area contributed by atoms with E-state index in [1.165, 1.54) is 11.3 Å². The summed E-state index contributed by atoms with van der Waals surface area (Å²) in [7, 11) is 1.56. The lowest BCUT2D eigenvalue weighted by Gasteiger charge is -2.23. The highest BCUT2D eigenvalue weighted by molar-refractivity contribution is 9.10. The van der Waals surface area contributed by atoms with Crippen molar-refractivity contribution in [1.82, 2.24) is 15.1 Å². The first-order valence-corrected chi connectivity index (χ1v) is 12.5. The quantitative estimate of drug-likeness (QED) is 0.291. The number of hydrogen-bond donors (Lipinski definition) is 1. The molecular formula is C26H23BrN4O3S. The van der Waals surface area contributed by atoms with Gasteiger partial charge in [-0.15, -0.1) is 10.2 Å². The van der Waals surface area contributed by atoms with Gasteiger partial charge in [0.05, 0.1) is 7.11 Å². The zero-order valence-corrected chi connectivity index (χ0v) is 21.4. The van der Waals surface area contributed by atoms with Gasteiger partial charge in [-0.05, 0) is 35.9 Å². The molecule has 4 rings (SSSR count). The molecule has 2 amide bonds. The zero-order valence-electron chi connectivity index (χ0n) is 19.0. The van der Waals surface area contributed by atoms with Gasteiger partial charge in [0.15, 0.2) is 0 Å². The summed E-state index contributed by atoms with van der Waals surface area (Å²) in [5.74, 6) is 0.192. The van der Waals surface area contributed by atoms with Crippen molar-refractivity contribution in [2.24, 2.45) is 0 Å². The first kappa shape index (κ1) is 24.6. The topological polar surface area (TPSA) is 84.4 Å². The van der Waals surface area contributed by atoms with E-state index in [4.69, 9.17) is 4.74 Å². The average Bonchev–Trinajstić information content (AvgIpc) is 3.35. The summed E-state index contributed by atoms with van der Waals surface area (Å²) < 4.78 is 6.20. The maximum Gasteiger partial charge on any atom is 0.254 e. The van der Waals surface area contributed by atoms with Crippen LogP contribution < -0.4 is 10.1 Å². The number of nitrogens with zero attached hydrogens (tertiary/aromatic N) is 3. The lowest BCUT2D eigenvalue weighted by molar-refractivity contribution is -0.116. The van der Waals surface area contributed by atoms with Crippen molar-refractivity contribution in [1.29, 1.82) is 0 Å². The Kier molecular flexibility index (Phi) is 8.23. The molecule has 0 atom stereocenters. The molecule has 178 valence electrons. The third-order valence-electron chi connectivity index (χ3n) is 5.17. The minimum atomic E-state index is -0.238. The summed E-state index contributed by atoms with van der Waals surface area (Å²) >= 11 is 4.75. The largest absolute Gasteiger partial charge is 0.497 e. The summed E-state index contributed by atoms with van der Waals surface area (Å²) in [4.78, 5) is 27.6. The monoisotopic (exact) mass is 550 g/mol. The molecule has 0 spiro atoms. The van der Waals surface area contributed by atoms with E-state index in [9.17, 15) is 9.59 Å². The molecule has 0 aliphatic rings. The van der Waals surface area contributed by atoms with Gasteiger partial charge in [-0.3, -0.25) is 9.59 Å². The molecule has 0 aliphatic heterocycles. The van der Waals surface area contributed by atoms with Crippen molar-refractivity contribution in [2.45, 2.75) is 13.0 Å². The Balaban J connectivity index is 1.43. The van der Waals surface area contributed by atoms with E-state index in [-0.39, 0.29) is 24.8 Å². The first-order chi connectivity index (χ1) is 17.0. The Bertz CT molecular complexity index is 1310. The van der Waals surface area contributed by atoms with Gasteiger partial charge in [0, 0.05) is 35.1 Å². The standard InChI is InChI=1S/C26H23BrN4O3S/c1-34-22-12-6-10-20(16-22)25(33)31(17-18-7-3-2-4-8-18)14-13-23(32)28-26-30-29-24(35-26)19-9-5-11-21(27)15-19/h2-12,15-16H,13-14,17H2,1H3,(H,28,30,32). The summed E-state index contributed by atoms with van der Waals surface area (Å²) in [5, 5.41) is 12.2. The number of anilines is 1. The van der Waals surface area contributed by atoms with Crippen molar-refractivity contribution in [3.63, 3.8) is 0 Å². The van der Waals surface area contributed by atoms with Crippen molar-refractivity contribution < 1.29 is 14.3 Å². The van der Waals surface area contributed by atoms with Gasteiger partial charge >= 0.3 is 0 Å². The molecule has 0 saturated carbocycles. The molecule has 0 aliphatic carbocycles. The predicted octanol–water partition coefficient (Wildman–Crippen LogP) is 5.65. The Labute approximate surface area is 215 Å². The first-order valence-electron chi connectivity index (χ1n) is 10.9. The van der Waals surface area contributed by atoms with Crippen LogP contribution in [0.3, 0.4) is 0 Å². The van der Waals surface area contributed by atoms with Crippen LogP contribution in [0.1, 0.15) is 22.3 Å². The van der Waals surface area contributed by atoms with E-state index < -0.39 is 0 Å². The molecular weight excluding hydrogens is 528 g/mol. The number of amides is 2. The Morgan fingerprint density at radius 2 is 1.80 bits per heavy atom. The maximum atomic E-state index is 13.3. The number of methoxy groups -OCH3 is 1. The molecule has 4 aromatic rings. The SMILES string of the molecule is COc1cccc(C(=O)N(CCC(=O)Nc2nnc(-c3cccc(Br)c3)s2)Cc2ccccc2)c1. The second-order valence-corrected chi connectivity index (χ2v) is 9.56. The second kappa shape index (κ2) is 11.7. The molecule has 7 nitrogen and oxygen atoms in total.